The number of thiazole rings is 1. The SMILES string of the molecule is CCOC(=O)C1=C(C)N=c2s/c(=C/c3cccc(OC(C)=O)c3)c(=O)n2C1c1ccc(OC(C)=O)c(OC)c1. The topological polar surface area (TPSA) is 122 Å². The average Bonchev–Trinajstić information content (AvgIpc) is 3.17. The lowest BCUT2D eigenvalue weighted by molar-refractivity contribution is -0.139. The largest absolute Gasteiger partial charge is 0.493 e. The fraction of sp³-hybridized carbons (Fsp3) is 0.250. The van der Waals surface area contributed by atoms with Crippen molar-refractivity contribution in [3.8, 4) is 17.2 Å². The predicted octanol–water partition coefficient (Wildman–Crippen LogP) is 2.66. The van der Waals surface area contributed by atoms with Crippen molar-refractivity contribution in [1.82, 2.24) is 4.57 Å². The highest BCUT2D eigenvalue weighted by Gasteiger charge is 2.34. The molecule has 11 heteroatoms. The average molecular weight is 551 g/mol. The van der Waals surface area contributed by atoms with Crippen LogP contribution in [-0.2, 0) is 19.1 Å². The lowest BCUT2D eigenvalue weighted by atomic mass is 9.95. The highest BCUT2D eigenvalue weighted by Crippen LogP contribution is 2.36. The molecule has 39 heavy (non-hydrogen) atoms. The fourth-order valence-electron chi connectivity index (χ4n) is 4.19. The fourth-order valence-corrected chi connectivity index (χ4v) is 5.23. The Hall–Kier alpha value is -4.51. The van der Waals surface area contributed by atoms with Gasteiger partial charge >= 0.3 is 17.9 Å². The van der Waals surface area contributed by atoms with Crippen LogP contribution in [0.5, 0.6) is 17.2 Å². The number of ether oxygens (including phenoxy) is 4. The van der Waals surface area contributed by atoms with Gasteiger partial charge in [-0.05, 0) is 55.3 Å². The molecule has 0 fully saturated rings. The number of carbonyl (C=O) groups is 3. The van der Waals surface area contributed by atoms with E-state index >= 15 is 0 Å². The number of fused-ring (bicyclic) bond motifs is 1. The molecule has 1 aliphatic rings. The summed E-state index contributed by atoms with van der Waals surface area (Å²) in [5.41, 5.74) is 1.41. The smallest absolute Gasteiger partial charge is 0.338 e. The first-order valence-electron chi connectivity index (χ1n) is 12.0. The molecule has 0 N–H and O–H groups in total. The summed E-state index contributed by atoms with van der Waals surface area (Å²) in [6.07, 6.45) is 1.67. The molecule has 0 radical (unpaired) electrons. The predicted molar refractivity (Wildman–Crippen MR) is 142 cm³/mol. The molecule has 10 nitrogen and oxygen atoms in total. The number of allylic oxidation sites excluding steroid dienone is 1. The minimum absolute atomic E-state index is 0.139. The summed E-state index contributed by atoms with van der Waals surface area (Å²) in [5.74, 6) is -0.770. The Morgan fingerprint density at radius 1 is 1.05 bits per heavy atom. The Balaban J connectivity index is 1.92. The highest BCUT2D eigenvalue weighted by atomic mass is 32.1. The van der Waals surface area contributed by atoms with Crippen molar-refractivity contribution >= 4 is 35.3 Å². The van der Waals surface area contributed by atoms with E-state index in [9.17, 15) is 19.2 Å². The van der Waals surface area contributed by atoms with Gasteiger partial charge in [-0.3, -0.25) is 19.0 Å². The van der Waals surface area contributed by atoms with Crippen LogP contribution >= 0.6 is 11.3 Å². The van der Waals surface area contributed by atoms with Crippen molar-refractivity contribution in [3.63, 3.8) is 0 Å². The number of methoxy groups -OCH3 is 1. The summed E-state index contributed by atoms with van der Waals surface area (Å²) >= 11 is 1.16. The van der Waals surface area contributed by atoms with Crippen molar-refractivity contribution in [2.24, 2.45) is 4.99 Å². The maximum Gasteiger partial charge on any atom is 0.338 e. The monoisotopic (exact) mass is 550 g/mol. The van der Waals surface area contributed by atoms with Gasteiger partial charge in [0.2, 0.25) is 0 Å². The molecular formula is C28H26N2O8S. The first-order valence-corrected chi connectivity index (χ1v) is 12.8. The molecule has 1 aromatic heterocycles. The van der Waals surface area contributed by atoms with Gasteiger partial charge in [0, 0.05) is 13.8 Å². The molecule has 202 valence electrons. The van der Waals surface area contributed by atoms with Gasteiger partial charge in [0.05, 0.1) is 35.6 Å². The third kappa shape index (κ3) is 5.83. The lowest BCUT2D eigenvalue weighted by Crippen LogP contribution is -2.40. The van der Waals surface area contributed by atoms with E-state index in [1.165, 1.54) is 25.5 Å². The van der Waals surface area contributed by atoms with Gasteiger partial charge in [-0.1, -0.05) is 29.5 Å². The normalized spacial score (nSPS) is 14.8. The number of hydrogen-bond donors (Lipinski definition) is 0. The lowest BCUT2D eigenvalue weighted by Gasteiger charge is -2.25. The summed E-state index contributed by atoms with van der Waals surface area (Å²) in [4.78, 5) is 54.7. The molecule has 0 saturated heterocycles. The molecule has 4 rings (SSSR count). The zero-order valence-electron chi connectivity index (χ0n) is 22.0. The number of rotatable bonds is 7. The summed E-state index contributed by atoms with van der Waals surface area (Å²) < 4.78 is 22.9. The molecule has 0 aliphatic carbocycles. The van der Waals surface area contributed by atoms with E-state index in [2.05, 4.69) is 4.99 Å². The number of aromatic nitrogens is 1. The Labute approximate surface area is 227 Å². The van der Waals surface area contributed by atoms with Crippen molar-refractivity contribution in [2.75, 3.05) is 13.7 Å². The van der Waals surface area contributed by atoms with Gasteiger partial charge in [0.15, 0.2) is 16.3 Å². The molecule has 0 spiro atoms. The minimum atomic E-state index is -0.880. The van der Waals surface area contributed by atoms with Crippen molar-refractivity contribution in [1.29, 1.82) is 0 Å². The van der Waals surface area contributed by atoms with E-state index in [1.807, 2.05) is 0 Å². The molecule has 1 unspecified atom stereocenters. The second kappa shape index (κ2) is 11.5. The van der Waals surface area contributed by atoms with E-state index in [0.717, 1.165) is 11.3 Å². The number of hydrogen-bond acceptors (Lipinski definition) is 10. The van der Waals surface area contributed by atoms with Gasteiger partial charge in [-0.15, -0.1) is 0 Å². The molecule has 2 aromatic carbocycles. The van der Waals surface area contributed by atoms with Crippen LogP contribution in [0.2, 0.25) is 0 Å². The minimum Gasteiger partial charge on any atom is -0.493 e. The summed E-state index contributed by atoms with van der Waals surface area (Å²) in [7, 11) is 1.43. The molecule has 0 saturated carbocycles. The van der Waals surface area contributed by atoms with E-state index in [1.54, 1.807) is 62.4 Å². The summed E-state index contributed by atoms with van der Waals surface area (Å²) in [6.45, 7) is 6.10. The molecule has 3 aromatic rings. The van der Waals surface area contributed by atoms with Crippen LogP contribution < -0.4 is 29.1 Å². The third-order valence-electron chi connectivity index (χ3n) is 5.69. The second-order valence-electron chi connectivity index (χ2n) is 8.47. The zero-order valence-corrected chi connectivity index (χ0v) is 22.8. The first kappa shape index (κ1) is 27.5. The Morgan fingerprint density at radius 2 is 1.79 bits per heavy atom. The highest BCUT2D eigenvalue weighted by molar-refractivity contribution is 7.07. The quantitative estimate of drug-likeness (QED) is 0.325. The van der Waals surface area contributed by atoms with Gasteiger partial charge in [-0.2, -0.15) is 0 Å². The van der Waals surface area contributed by atoms with Crippen molar-refractivity contribution in [3.05, 3.63) is 84.5 Å². The number of nitrogens with zero attached hydrogens (tertiary/aromatic N) is 2. The van der Waals surface area contributed by atoms with Crippen LogP contribution in [-0.4, -0.2) is 36.2 Å². The van der Waals surface area contributed by atoms with Crippen LogP contribution in [0.3, 0.4) is 0 Å². The summed E-state index contributed by atoms with van der Waals surface area (Å²) in [5, 5.41) is 0. The maximum absolute atomic E-state index is 13.8. The number of carbonyl (C=O) groups excluding carboxylic acids is 3. The van der Waals surface area contributed by atoms with Crippen LogP contribution in [0, 0.1) is 0 Å². The Morgan fingerprint density at radius 3 is 2.46 bits per heavy atom. The molecule has 1 atom stereocenters. The van der Waals surface area contributed by atoms with E-state index in [-0.39, 0.29) is 29.2 Å². The molecule has 0 amide bonds. The third-order valence-corrected chi connectivity index (χ3v) is 6.67. The van der Waals surface area contributed by atoms with Gasteiger partial charge in [0.25, 0.3) is 5.56 Å². The standard InChI is InChI=1S/C28H26N2O8S/c1-6-36-27(34)24-15(2)29-28-30(25(24)19-10-11-21(38-17(4)32)22(14-19)35-5)26(33)23(39-28)13-18-8-7-9-20(12-18)37-16(3)31/h7-14,25H,6H2,1-5H3/b23-13+. The van der Waals surface area contributed by atoms with Gasteiger partial charge in [0.1, 0.15) is 5.75 Å². The van der Waals surface area contributed by atoms with Crippen LogP contribution in [0.1, 0.15) is 44.9 Å². The number of esters is 3. The van der Waals surface area contributed by atoms with Crippen molar-refractivity contribution < 1.29 is 33.3 Å². The second-order valence-corrected chi connectivity index (χ2v) is 9.48. The van der Waals surface area contributed by atoms with Crippen LogP contribution in [0.15, 0.2) is 63.5 Å². The van der Waals surface area contributed by atoms with E-state index in [4.69, 9.17) is 18.9 Å². The maximum atomic E-state index is 13.8. The zero-order chi connectivity index (χ0) is 28.3. The van der Waals surface area contributed by atoms with Crippen LogP contribution in [0.25, 0.3) is 6.08 Å². The van der Waals surface area contributed by atoms with E-state index < -0.39 is 23.9 Å². The Bertz CT molecular complexity index is 1680. The first-order chi connectivity index (χ1) is 18.6. The Kier molecular flexibility index (Phi) is 8.10. The van der Waals surface area contributed by atoms with Gasteiger partial charge in [-0.25, -0.2) is 9.79 Å². The summed E-state index contributed by atoms with van der Waals surface area (Å²) in [6, 6.07) is 10.7. The molecular weight excluding hydrogens is 524 g/mol. The number of benzene rings is 2. The molecule has 0 bridgehead atoms. The molecule has 1 aliphatic heterocycles. The van der Waals surface area contributed by atoms with Crippen molar-refractivity contribution in [2.45, 2.75) is 33.7 Å². The van der Waals surface area contributed by atoms with E-state index in [0.29, 0.717) is 31.9 Å². The van der Waals surface area contributed by atoms with Gasteiger partial charge < -0.3 is 18.9 Å². The molecule has 2 heterocycles. The van der Waals surface area contributed by atoms with Crippen LogP contribution in [0.4, 0.5) is 0 Å².